The third-order valence-corrected chi connectivity index (χ3v) is 1.68. The molecule has 0 amide bonds. The Morgan fingerprint density at radius 2 is 2.20 bits per heavy atom. The highest BCUT2D eigenvalue weighted by atomic mass is 32.1. The number of benzene rings is 1. The third-order valence-electron chi connectivity index (χ3n) is 1.59. The highest BCUT2D eigenvalue weighted by Crippen LogP contribution is 2.01. The molecule has 0 aliphatic heterocycles. The van der Waals surface area contributed by atoms with Gasteiger partial charge in [-0.2, -0.15) is 5.10 Å². The van der Waals surface area contributed by atoms with E-state index in [1.807, 2.05) is 6.07 Å². The standard InChI is InChI=1S/C9H11N5S/c10-8(11)7-3-1-2-6(4-7)5-13-14-9(12)15/h1-5H,(H3,10,11)(H3,12,14,15). The van der Waals surface area contributed by atoms with E-state index in [1.165, 1.54) is 0 Å². The second-order valence-corrected chi connectivity index (χ2v) is 3.21. The summed E-state index contributed by atoms with van der Waals surface area (Å²) in [5, 5.41) is 11.1. The molecule has 5 nitrogen and oxygen atoms in total. The smallest absolute Gasteiger partial charge is 0.184 e. The maximum Gasteiger partial charge on any atom is 0.184 e. The Kier molecular flexibility index (Phi) is 3.75. The van der Waals surface area contributed by atoms with Gasteiger partial charge < -0.3 is 11.5 Å². The summed E-state index contributed by atoms with van der Waals surface area (Å²) in [7, 11) is 0. The van der Waals surface area contributed by atoms with Crippen molar-refractivity contribution in [3.8, 4) is 0 Å². The molecule has 6 N–H and O–H groups in total. The van der Waals surface area contributed by atoms with E-state index in [-0.39, 0.29) is 10.9 Å². The molecule has 0 saturated carbocycles. The van der Waals surface area contributed by atoms with E-state index in [9.17, 15) is 0 Å². The normalized spacial score (nSPS) is 10.1. The summed E-state index contributed by atoms with van der Waals surface area (Å²) >= 11 is 4.58. The van der Waals surface area contributed by atoms with E-state index in [0.717, 1.165) is 5.56 Å². The number of nitrogens with zero attached hydrogens (tertiary/aromatic N) is 1. The molecule has 0 radical (unpaired) electrons. The second kappa shape index (κ2) is 5.06. The third kappa shape index (κ3) is 3.74. The number of nitrogens with two attached hydrogens (primary N) is 2. The minimum absolute atomic E-state index is 0.0209. The Balaban J connectivity index is 2.78. The summed E-state index contributed by atoms with van der Waals surface area (Å²) in [4.78, 5) is 0. The van der Waals surface area contributed by atoms with E-state index in [2.05, 4.69) is 22.7 Å². The Morgan fingerprint density at radius 1 is 1.47 bits per heavy atom. The fourth-order valence-electron chi connectivity index (χ4n) is 0.957. The van der Waals surface area contributed by atoms with Crippen LogP contribution in [0.1, 0.15) is 11.1 Å². The predicted octanol–water partition coefficient (Wildman–Crippen LogP) is 0.138. The van der Waals surface area contributed by atoms with Crippen LogP contribution in [0.4, 0.5) is 0 Å². The SMILES string of the molecule is N=C(N)c1cccc(C=NNC(N)=S)c1. The largest absolute Gasteiger partial charge is 0.384 e. The Bertz CT molecular complexity index is 413. The summed E-state index contributed by atoms with van der Waals surface area (Å²) in [6, 6.07) is 7.11. The zero-order chi connectivity index (χ0) is 11.3. The fraction of sp³-hybridized carbons (Fsp3) is 0. The maximum atomic E-state index is 7.25. The molecule has 15 heavy (non-hydrogen) atoms. The Labute approximate surface area is 92.7 Å². The quantitative estimate of drug-likeness (QED) is 0.252. The van der Waals surface area contributed by atoms with Gasteiger partial charge in [-0.3, -0.25) is 10.8 Å². The molecule has 0 aromatic heterocycles. The van der Waals surface area contributed by atoms with Crippen LogP contribution in [0, 0.1) is 5.41 Å². The van der Waals surface area contributed by atoms with Gasteiger partial charge in [0.15, 0.2) is 5.11 Å². The predicted molar refractivity (Wildman–Crippen MR) is 65.0 cm³/mol. The lowest BCUT2D eigenvalue weighted by atomic mass is 10.1. The molecule has 0 bridgehead atoms. The first kappa shape index (κ1) is 11.1. The molecule has 1 rings (SSSR count). The van der Waals surface area contributed by atoms with Crippen molar-refractivity contribution in [2.24, 2.45) is 16.6 Å². The molecule has 0 heterocycles. The van der Waals surface area contributed by atoms with Crippen molar-refractivity contribution in [1.82, 2.24) is 5.43 Å². The van der Waals surface area contributed by atoms with Gasteiger partial charge in [-0.05, 0) is 23.8 Å². The van der Waals surface area contributed by atoms with Gasteiger partial charge in [0.2, 0.25) is 0 Å². The van der Waals surface area contributed by atoms with Gasteiger partial charge in [-0.25, -0.2) is 0 Å². The van der Waals surface area contributed by atoms with Crippen molar-refractivity contribution in [3.05, 3.63) is 35.4 Å². The van der Waals surface area contributed by atoms with Crippen LogP contribution in [0.3, 0.4) is 0 Å². The first-order valence-electron chi connectivity index (χ1n) is 4.12. The Hall–Kier alpha value is -1.95. The molecular weight excluding hydrogens is 210 g/mol. The highest BCUT2D eigenvalue weighted by Gasteiger charge is 1.95. The summed E-state index contributed by atoms with van der Waals surface area (Å²) in [6.07, 6.45) is 1.55. The van der Waals surface area contributed by atoms with Crippen LogP contribution in [0.15, 0.2) is 29.4 Å². The Morgan fingerprint density at radius 3 is 2.80 bits per heavy atom. The maximum absolute atomic E-state index is 7.25. The molecule has 0 aliphatic carbocycles. The molecule has 0 fully saturated rings. The average Bonchev–Trinajstić information content (AvgIpc) is 2.17. The van der Waals surface area contributed by atoms with Crippen LogP contribution in [0.2, 0.25) is 0 Å². The number of amidine groups is 1. The first-order valence-corrected chi connectivity index (χ1v) is 4.53. The minimum atomic E-state index is 0.0209. The van der Waals surface area contributed by atoms with Crippen molar-refractivity contribution in [2.75, 3.05) is 0 Å². The number of thiocarbonyl (C=S) groups is 1. The lowest BCUT2D eigenvalue weighted by molar-refractivity contribution is 1.04. The van der Waals surface area contributed by atoms with Crippen LogP contribution in [0.5, 0.6) is 0 Å². The molecule has 0 saturated heterocycles. The van der Waals surface area contributed by atoms with E-state index in [4.69, 9.17) is 16.9 Å². The van der Waals surface area contributed by atoms with Crippen molar-refractivity contribution in [1.29, 1.82) is 5.41 Å². The number of nitrogen functional groups attached to an aromatic ring is 1. The van der Waals surface area contributed by atoms with Gasteiger partial charge in [-0.15, -0.1) is 0 Å². The zero-order valence-corrected chi connectivity index (χ0v) is 8.71. The highest BCUT2D eigenvalue weighted by molar-refractivity contribution is 7.80. The fourth-order valence-corrected chi connectivity index (χ4v) is 1.01. The zero-order valence-electron chi connectivity index (χ0n) is 7.90. The molecule has 6 heteroatoms. The van der Waals surface area contributed by atoms with Gasteiger partial charge in [0, 0.05) is 5.56 Å². The van der Waals surface area contributed by atoms with Crippen LogP contribution in [-0.2, 0) is 0 Å². The summed E-state index contributed by atoms with van der Waals surface area (Å²) in [5.41, 5.74) is 14.4. The van der Waals surface area contributed by atoms with E-state index in [0.29, 0.717) is 5.56 Å². The van der Waals surface area contributed by atoms with Gasteiger partial charge in [0.05, 0.1) is 6.21 Å². The van der Waals surface area contributed by atoms with E-state index >= 15 is 0 Å². The summed E-state index contributed by atoms with van der Waals surface area (Å²) in [5.74, 6) is 0.0209. The number of rotatable bonds is 3. The van der Waals surface area contributed by atoms with Crippen molar-refractivity contribution < 1.29 is 0 Å². The molecule has 0 spiro atoms. The monoisotopic (exact) mass is 221 g/mol. The lowest BCUT2D eigenvalue weighted by Gasteiger charge is -1.99. The molecule has 1 aromatic carbocycles. The summed E-state index contributed by atoms with van der Waals surface area (Å²) in [6.45, 7) is 0. The number of hydrogen-bond donors (Lipinski definition) is 4. The lowest BCUT2D eigenvalue weighted by Crippen LogP contribution is -2.24. The molecule has 0 aliphatic rings. The number of nitrogens with one attached hydrogen (secondary N) is 2. The summed E-state index contributed by atoms with van der Waals surface area (Å²) < 4.78 is 0. The van der Waals surface area contributed by atoms with Crippen molar-refractivity contribution >= 4 is 29.4 Å². The number of hydrogen-bond acceptors (Lipinski definition) is 3. The average molecular weight is 221 g/mol. The van der Waals surface area contributed by atoms with Gasteiger partial charge in [0.1, 0.15) is 5.84 Å². The van der Waals surface area contributed by atoms with Crippen LogP contribution < -0.4 is 16.9 Å². The minimum Gasteiger partial charge on any atom is -0.384 e. The van der Waals surface area contributed by atoms with Crippen LogP contribution in [0.25, 0.3) is 0 Å². The second-order valence-electron chi connectivity index (χ2n) is 2.77. The molecule has 78 valence electrons. The van der Waals surface area contributed by atoms with E-state index < -0.39 is 0 Å². The van der Waals surface area contributed by atoms with Gasteiger partial charge in [-0.1, -0.05) is 18.2 Å². The molecular formula is C9H11N5S. The molecule has 1 aromatic rings. The molecule has 0 atom stereocenters. The topological polar surface area (TPSA) is 100 Å². The van der Waals surface area contributed by atoms with Crippen LogP contribution in [-0.4, -0.2) is 17.2 Å². The van der Waals surface area contributed by atoms with Crippen molar-refractivity contribution in [2.45, 2.75) is 0 Å². The first-order chi connectivity index (χ1) is 7.09. The van der Waals surface area contributed by atoms with E-state index in [1.54, 1.807) is 24.4 Å². The van der Waals surface area contributed by atoms with Crippen LogP contribution >= 0.6 is 12.2 Å². The number of hydrazone groups is 1. The van der Waals surface area contributed by atoms with Gasteiger partial charge >= 0.3 is 0 Å². The molecule has 0 unspecified atom stereocenters. The van der Waals surface area contributed by atoms with Gasteiger partial charge in [0.25, 0.3) is 0 Å². The van der Waals surface area contributed by atoms with Crippen molar-refractivity contribution in [3.63, 3.8) is 0 Å².